The number of hydrogen-bond donors (Lipinski definition) is 1. The standard InChI is InChI=1S/C24H23ClN2O4S/c1-30-17-10-11-18(20(13-17)31-2)23(28)26-16-8-6-15(7-9-16)24(29)27-12-4-3-5-21-19(27)14-22(25)32-21/h6-11,13-14H,3-5,12H2,1-2H3,(H,26,28). The Kier molecular flexibility index (Phi) is 6.67. The van der Waals surface area contributed by atoms with Gasteiger partial charge < -0.3 is 19.7 Å². The van der Waals surface area contributed by atoms with Crippen LogP contribution < -0.4 is 19.7 Å². The van der Waals surface area contributed by atoms with Crippen LogP contribution in [0.2, 0.25) is 4.34 Å². The van der Waals surface area contributed by atoms with E-state index in [1.54, 1.807) is 54.5 Å². The SMILES string of the molecule is COc1ccc(C(=O)Nc2ccc(C(=O)N3CCCCc4sc(Cl)cc43)cc2)c(OC)c1. The van der Waals surface area contributed by atoms with E-state index in [2.05, 4.69) is 5.32 Å². The first kappa shape index (κ1) is 22.2. The minimum Gasteiger partial charge on any atom is -0.497 e. The summed E-state index contributed by atoms with van der Waals surface area (Å²) >= 11 is 7.74. The summed E-state index contributed by atoms with van der Waals surface area (Å²) in [6.07, 6.45) is 2.92. The largest absolute Gasteiger partial charge is 0.497 e. The second-order valence-electron chi connectivity index (χ2n) is 7.37. The molecule has 1 N–H and O–H groups in total. The molecule has 32 heavy (non-hydrogen) atoms. The molecule has 0 atom stereocenters. The highest BCUT2D eigenvalue weighted by Gasteiger charge is 2.24. The molecule has 0 fully saturated rings. The smallest absolute Gasteiger partial charge is 0.259 e. The fourth-order valence-corrected chi connectivity index (χ4v) is 5.03. The number of carbonyl (C=O) groups is 2. The molecule has 1 aromatic heterocycles. The number of fused-ring (bicyclic) bond motifs is 1. The maximum Gasteiger partial charge on any atom is 0.259 e. The Morgan fingerprint density at radius 2 is 1.81 bits per heavy atom. The summed E-state index contributed by atoms with van der Waals surface area (Å²) in [6, 6.07) is 13.8. The molecule has 2 heterocycles. The van der Waals surface area contributed by atoms with E-state index in [1.165, 1.54) is 18.4 Å². The normalized spacial score (nSPS) is 13.2. The molecule has 1 aliphatic rings. The van der Waals surface area contributed by atoms with Gasteiger partial charge in [0.2, 0.25) is 0 Å². The molecule has 0 aliphatic carbocycles. The fourth-order valence-electron chi connectivity index (χ4n) is 3.72. The van der Waals surface area contributed by atoms with Crippen LogP contribution in [0.1, 0.15) is 38.4 Å². The molecule has 0 radical (unpaired) electrons. The molecule has 1 aliphatic heterocycles. The Bertz CT molecular complexity index is 1140. The molecule has 166 valence electrons. The molecule has 0 saturated heterocycles. The van der Waals surface area contributed by atoms with E-state index in [1.807, 2.05) is 6.07 Å². The van der Waals surface area contributed by atoms with Crippen LogP contribution in [0.25, 0.3) is 0 Å². The molecular weight excluding hydrogens is 448 g/mol. The average Bonchev–Trinajstić information content (AvgIpc) is 3.07. The van der Waals surface area contributed by atoms with Crippen LogP contribution in [-0.2, 0) is 6.42 Å². The van der Waals surface area contributed by atoms with Crippen molar-refractivity contribution in [2.75, 3.05) is 31.0 Å². The van der Waals surface area contributed by atoms with Gasteiger partial charge >= 0.3 is 0 Å². The predicted molar refractivity (Wildman–Crippen MR) is 128 cm³/mol. The number of nitrogens with zero attached hydrogens (tertiary/aromatic N) is 1. The van der Waals surface area contributed by atoms with Crippen LogP contribution >= 0.6 is 22.9 Å². The van der Waals surface area contributed by atoms with Crippen molar-refractivity contribution in [3.05, 3.63) is 68.9 Å². The fraction of sp³-hybridized carbons (Fsp3) is 0.250. The highest BCUT2D eigenvalue weighted by molar-refractivity contribution is 7.16. The highest BCUT2D eigenvalue weighted by atomic mass is 35.5. The van der Waals surface area contributed by atoms with Crippen molar-refractivity contribution >= 4 is 46.1 Å². The number of ether oxygens (including phenoxy) is 2. The van der Waals surface area contributed by atoms with Gasteiger partial charge in [0.15, 0.2) is 0 Å². The van der Waals surface area contributed by atoms with Crippen molar-refractivity contribution in [1.82, 2.24) is 0 Å². The molecule has 0 bridgehead atoms. The van der Waals surface area contributed by atoms with E-state index in [0.717, 1.165) is 29.8 Å². The molecular formula is C24H23ClN2O4S. The van der Waals surface area contributed by atoms with Gasteiger partial charge in [0.05, 0.1) is 29.8 Å². The molecule has 6 nitrogen and oxygen atoms in total. The van der Waals surface area contributed by atoms with Crippen LogP contribution in [0.5, 0.6) is 11.5 Å². The van der Waals surface area contributed by atoms with Crippen molar-refractivity contribution in [2.45, 2.75) is 19.3 Å². The van der Waals surface area contributed by atoms with Gasteiger partial charge in [0.1, 0.15) is 11.5 Å². The number of halogens is 1. The van der Waals surface area contributed by atoms with E-state index in [4.69, 9.17) is 21.1 Å². The van der Waals surface area contributed by atoms with E-state index >= 15 is 0 Å². The lowest BCUT2D eigenvalue weighted by Crippen LogP contribution is -2.31. The van der Waals surface area contributed by atoms with Crippen LogP contribution in [-0.4, -0.2) is 32.6 Å². The zero-order valence-electron chi connectivity index (χ0n) is 17.8. The van der Waals surface area contributed by atoms with E-state index in [9.17, 15) is 9.59 Å². The second-order valence-corrected chi connectivity index (χ2v) is 9.14. The molecule has 8 heteroatoms. The van der Waals surface area contributed by atoms with Crippen molar-refractivity contribution < 1.29 is 19.1 Å². The lowest BCUT2D eigenvalue weighted by Gasteiger charge is -2.21. The molecule has 2 amide bonds. The van der Waals surface area contributed by atoms with Gasteiger partial charge in [-0.1, -0.05) is 11.6 Å². The number of hydrogen-bond acceptors (Lipinski definition) is 5. The summed E-state index contributed by atoms with van der Waals surface area (Å²) in [6.45, 7) is 0.661. The van der Waals surface area contributed by atoms with Crippen molar-refractivity contribution in [3.63, 3.8) is 0 Å². The summed E-state index contributed by atoms with van der Waals surface area (Å²) in [7, 11) is 3.05. The van der Waals surface area contributed by atoms with Gasteiger partial charge in [-0.3, -0.25) is 9.59 Å². The third kappa shape index (κ3) is 4.59. The number of anilines is 2. The van der Waals surface area contributed by atoms with Gasteiger partial charge in [-0.2, -0.15) is 0 Å². The lowest BCUT2D eigenvalue weighted by molar-refractivity contribution is 0.0985. The topological polar surface area (TPSA) is 67.9 Å². The first-order valence-electron chi connectivity index (χ1n) is 10.2. The number of aryl methyl sites for hydroxylation is 1. The Balaban J connectivity index is 1.50. The Morgan fingerprint density at radius 3 is 2.53 bits per heavy atom. The summed E-state index contributed by atoms with van der Waals surface area (Å²) in [5.41, 5.74) is 2.44. The summed E-state index contributed by atoms with van der Waals surface area (Å²) < 4.78 is 11.2. The minimum atomic E-state index is -0.311. The maximum atomic E-state index is 13.2. The lowest BCUT2D eigenvalue weighted by atomic mass is 10.1. The molecule has 0 saturated carbocycles. The number of methoxy groups -OCH3 is 2. The molecule has 4 rings (SSSR count). The minimum absolute atomic E-state index is 0.0719. The third-order valence-electron chi connectivity index (χ3n) is 5.37. The number of thiophene rings is 1. The van der Waals surface area contributed by atoms with E-state index in [0.29, 0.717) is 39.2 Å². The van der Waals surface area contributed by atoms with Gasteiger partial charge in [-0.15, -0.1) is 11.3 Å². The van der Waals surface area contributed by atoms with Crippen LogP contribution in [0.3, 0.4) is 0 Å². The molecule has 3 aromatic rings. The van der Waals surface area contributed by atoms with Crippen LogP contribution in [0, 0.1) is 0 Å². The van der Waals surface area contributed by atoms with Gasteiger partial charge in [0, 0.05) is 28.7 Å². The summed E-state index contributed by atoms with van der Waals surface area (Å²) in [4.78, 5) is 28.9. The Morgan fingerprint density at radius 1 is 1.03 bits per heavy atom. The van der Waals surface area contributed by atoms with Crippen LogP contribution in [0.4, 0.5) is 11.4 Å². The highest BCUT2D eigenvalue weighted by Crippen LogP contribution is 2.37. The predicted octanol–water partition coefficient (Wildman–Crippen LogP) is 5.65. The zero-order valence-corrected chi connectivity index (χ0v) is 19.4. The first-order chi connectivity index (χ1) is 15.5. The van der Waals surface area contributed by atoms with Gasteiger partial charge in [-0.25, -0.2) is 0 Å². The monoisotopic (exact) mass is 470 g/mol. The van der Waals surface area contributed by atoms with Crippen molar-refractivity contribution in [1.29, 1.82) is 0 Å². The number of amides is 2. The average molecular weight is 471 g/mol. The third-order valence-corrected chi connectivity index (χ3v) is 6.68. The molecule has 0 unspecified atom stereocenters. The molecule has 2 aromatic carbocycles. The molecule has 0 spiro atoms. The van der Waals surface area contributed by atoms with Gasteiger partial charge in [0.25, 0.3) is 11.8 Å². The van der Waals surface area contributed by atoms with E-state index in [-0.39, 0.29) is 11.8 Å². The summed E-state index contributed by atoms with van der Waals surface area (Å²) in [5, 5.41) is 2.84. The van der Waals surface area contributed by atoms with Gasteiger partial charge in [-0.05, 0) is 61.7 Å². The summed E-state index contributed by atoms with van der Waals surface area (Å²) in [5.74, 6) is 0.635. The van der Waals surface area contributed by atoms with E-state index < -0.39 is 0 Å². The number of carbonyl (C=O) groups excluding carboxylic acids is 2. The quantitative estimate of drug-likeness (QED) is 0.523. The second kappa shape index (κ2) is 9.63. The number of benzene rings is 2. The number of rotatable bonds is 5. The Hall–Kier alpha value is -3.03. The Labute approximate surface area is 195 Å². The van der Waals surface area contributed by atoms with Crippen molar-refractivity contribution in [3.8, 4) is 11.5 Å². The maximum absolute atomic E-state index is 13.2. The van der Waals surface area contributed by atoms with Crippen LogP contribution in [0.15, 0.2) is 48.5 Å². The van der Waals surface area contributed by atoms with Crippen molar-refractivity contribution in [2.24, 2.45) is 0 Å². The number of nitrogens with one attached hydrogen (secondary N) is 1. The zero-order chi connectivity index (χ0) is 22.7. The first-order valence-corrected chi connectivity index (χ1v) is 11.4.